The summed E-state index contributed by atoms with van der Waals surface area (Å²) in [5.41, 5.74) is 4.10. The maximum absolute atomic E-state index is 12.8. The van der Waals surface area contributed by atoms with Crippen molar-refractivity contribution in [3.8, 4) is 0 Å². The summed E-state index contributed by atoms with van der Waals surface area (Å²) in [4.78, 5) is 26.4. The molecule has 126 valence electrons. The molecule has 1 heterocycles. The second-order valence-electron chi connectivity index (χ2n) is 5.20. The molecule has 3 amide bonds. The van der Waals surface area contributed by atoms with E-state index in [4.69, 9.17) is 17.3 Å². The Kier molecular flexibility index (Phi) is 5.03. The first-order valence-corrected chi connectivity index (χ1v) is 7.27. The van der Waals surface area contributed by atoms with Crippen molar-refractivity contribution in [2.45, 2.75) is 12.6 Å². The Bertz CT molecular complexity index is 622. The number of amides is 3. The van der Waals surface area contributed by atoms with E-state index in [0.29, 0.717) is 19.5 Å². The second-order valence-corrected chi connectivity index (χ2v) is 5.63. The molecule has 1 fully saturated rings. The van der Waals surface area contributed by atoms with Crippen molar-refractivity contribution in [1.82, 2.24) is 9.80 Å². The summed E-state index contributed by atoms with van der Waals surface area (Å²) in [6, 6.07) is 2.18. The number of alkyl halides is 3. The average Bonchev–Trinajstić information content (AvgIpc) is 2.70. The Balaban J connectivity index is 2.20. The first-order chi connectivity index (χ1) is 10.7. The minimum atomic E-state index is -4.58. The van der Waals surface area contributed by atoms with E-state index in [2.05, 4.69) is 0 Å². The van der Waals surface area contributed by atoms with Crippen LogP contribution in [0.3, 0.4) is 0 Å². The van der Waals surface area contributed by atoms with Crippen LogP contribution in [0.15, 0.2) is 18.2 Å². The lowest BCUT2D eigenvalue weighted by atomic mass is 10.1. The number of nitrogens with zero attached hydrogens (tertiary/aromatic N) is 2. The fraction of sp³-hybridized carbons (Fsp3) is 0.429. The Hall–Kier alpha value is -1.96. The van der Waals surface area contributed by atoms with Crippen molar-refractivity contribution in [3.63, 3.8) is 0 Å². The van der Waals surface area contributed by atoms with Gasteiger partial charge in [0.2, 0.25) is 0 Å². The van der Waals surface area contributed by atoms with Gasteiger partial charge in [-0.1, -0.05) is 11.6 Å². The third kappa shape index (κ3) is 4.28. The van der Waals surface area contributed by atoms with Gasteiger partial charge in [-0.05, 0) is 24.6 Å². The van der Waals surface area contributed by atoms with E-state index in [1.54, 1.807) is 0 Å². The van der Waals surface area contributed by atoms with Crippen LogP contribution in [0.25, 0.3) is 0 Å². The number of rotatable bonds is 1. The van der Waals surface area contributed by atoms with Gasteiger partial charge >= 0.3 is 12.2 Å². The molecule has 0 aliphatic carbocycles. The molecule has 0 unspecified atom stereocenters. The van der Waals surface area contributed by atoms with Gasteiger partial charge in [-0.25, -0.2) is 4.79 Å². The summed E-state index contributed by atoms with van der Waals surface area (Å²) in [6.07, 6.45) is -4.08. The van der Waals surface area contributed by atoms with Crippen molar-refractivity contribution >= 4 is 23.5 Å². The molecule has 5 nitrogen and oxygen atoms in total. The predicted molar refractivity (Wildman–Crippen MR) is 78.1 cm³/mol. The Morgan fingerprint density at radius 2 is 1.65 bits per heavy atom. The summed E-state index contributed by atoms with van der Waals surface area (Å²) < 4.78 is 38.5. The first-order valence-electron chi connectivity index (χ1n) is 6.90. The molecule has 1 saturated heterocycles. The lowest BCUT2D eigenvalue weighted by molar-refractivity contribution is -0.137. The average molecular weight is 350 g/mol. The monoisotopic (exact) mass is 349 g/mol. The van der Waals surface area contributed by atoms with Crippen LogP contribution in [0.2, 0.25) is 5.02 Å². The van der Waals surface area contributed by atoms with Crippen LogP contribution in [-0.2, 0) is 6.18 Å². The predicted octanol–water partition coefficient (Wildman–Crippen LogP) is 2.59. The van der Waals surface area contributed by atoms with Crippen LogP contribution >= 0.6 is 11.6 Å². The maximum Gasteiger partial charge on any atom is 0.416 e. The molecular weight excluding hydrogens is 335 g/mol. The summed E-state index contributed by atoms with van der Waals surface area (Å²) in [6.45, 7) is 1.18. The zero-order valence-corrected chi connectivity index (χ0v) is 12.8. The topological polar surface area (TPSA) is 66.6 Å². The molecule has 0 radical (unpaired) electrons. The fourth-order valence-corrected chi connectivity index (χ4v) is 2.64. The van der Waals surface area contributed by atoms with Crippen molar-refractivity contribution in [3.05, 3.63) is 34.3 Å². The molecule has 1 aromatic rings. The molecule has 1 aliphatic rings. The normalized spacial score (nSPS) is 16.2. The van der Waals surface area contributed by atoms with Gasteiger partial charge in [0, 0.05) is 36.8 Å². The number of benzene rings is 1. The second kappa shape index (κ2) is 6.66. The number of primary amides is 1. The van der Waals surface area contributed by atoms with Gasteiger partial charge in [0.05, 0.1) is 5.56 Å². The number of halogens is 4. The third-order valence-corrected chi connectivity index (χ3v) is 3.79. The quantitative estimate of drug-likeness (QED) is 0.846. The molecular formula is C14H15ClF3N3O2. The van der Waals surface area contributed by atoms with Gasteiger partial charge in [-0.2, -0.15) is 13.2 Å². The SMILES string of the molecule is NC(=O)N1CCCN(C(=O)c2cc(Cl)cc(C(F)(F)F)c2)CC1. The summed E-state index contributed by atoms with van der Waals surface area (Å²) in [5, 5.41) is -0.156. The van der Waals surface area contributed by atoms with Crippen molar-refractivity contribution in [2.75, 3.05) is 26.2 Å². The number of hydrogen-bond acceptors (Lipinski definition) is 2. The zero-order valence-electron chi connectivity index (χ0n) is 12.1. The molecule has 0 saturated carbocycles. The van der Waals surface area contributed by atoms with Crippen LogP contribution in [0.1, 0.15) is 22.3 Å². The van der Waals surface area contributed by atoms with Crippen molar-refractivity contribution < 1.29 is 22.8 Å². The van der Waals surface area contributed by atoms with Crippen LogP contribution in [0.4, 0.5) is 18.0 Å². The van der Waals surface area contributed by atoms with E-state index in [9.17, 15) is 22.8 Å². The molecule has 0 spiro atoms. The highest BCUT2D eigenvalue weighted by Gasteiger charge is 2.32. The highest BCUT2D eigenvalue weighted by Crippen LogP contribution is 2.32. The van der Waals surface area contributed by atoms with Crippen LogP contribution in [-0.4, -0.2) is 47.9 Å². The number of nitrogens with two attached hydrogens (primary N) is 1. The van der Waals surface area contributed by atoms with Crippen molar-refractivity contribution in [1.29, 1.82) is 0 Å². The van der Waals surface area contributed by atoms with E-state index in [1.165, 1.54) is 15.9 Å². The number of carbonyl (C=O) groups excluding carboxylic acids is 2. The lowest BCUT2D eigenvalue weighted by Gasteiger charge is -2.21. The highest BCUT2D eigenvalue weighted by atomic mass is 35.5. The van der Waals surface area contributed by atoms with Gasteiger partial charge < -0.3 is 15.5 Å². The molecule has 23 heavy (non-hydrogen) atoms. The number of urea groups is 1. The number of carbonyl (C=O) groups is 2. The van der Waals surface area contributed by atoms with Gasteiger partial charge in [0.15, 0.2) is 0 Å². The largest absolute Gasteiger partial charge is 0.416 e. The van der Waals surface area contributed by atoms with Crippen LogP contribution < -0.4 is 5.73 Å². The molecule has 1 aromatic carbocycles. The minimum absolute atomic E-state index is 0.127. The Morgan fingerprint density at radius 1 is 1.04 bits per heavy atom. The van der Waals surface area contributed by atoms with Gasteiger partial charge in [-0.3, -0.25) is 4.79 Å². The smallest absolute Gasteiger partial charge is 0.351 e. The third-order valence-electron chi connectivity index (χ3n) is 3.57. The molecule has 1 aliphatic heterocycles. The lowest BCUT2D eigenvalue weighted by Crippen LogP contribution is -2.39. The van der Waals surface area contributed by atoms with Crippen LogP contribution in [0, 0.1) is 0 Å². The van der Waals surface area contributed by atoms with E-state index in [0.717, 1.165) is 12.1 Å². The Morgan fingerprint density at radius 3 is 2.26 bits per heavy atom. The Labute approximate surface area is 135 Å². The fourth-order valence-electron chi connectivity index (χ4n) is 2.40. The molecule has 9 heteroatoms. The first kappa shape index (κ1) is 17.4. The molecule has 0 bridgehead atoms. The molecule has 2 N–H and O–H groups in total. The highest BCUT2D eigenvalue weighted by molar-refractivity contribution is 6.31. The molecule has 0 aromatic heterocycles. The van der Waals surface area contributed by atoms with Gasteiger partial charge in [0.1, 0.15) is 0 Å². The van der Waals surface area contributed by atoms with E-state index in [1.807, 2.05) is 0 Å². The molecule has 0 atom stereocenters. The van der Waals surface area contributed by atoms with Gasteiger partial charge in [-0.15, -0.1) is 0 Å². The van der Waals surface area contributed by atoms with Crippen molar-refractivity contribution in [2.24, 2.45) is 5.73 Å². The summed E-state index contributed by atoms with van der Waals surface area (Å²) >= 11 is 5.70. The van der Waals surface area contributed by atoms with Gasteiger partial charge in [0.25, 0.3) is 5.91 Å². The minimum Gasteiger partial charge on any atom is -0.351 e. The standard InChI is InChI=1S/C14H15ClF3N3O2/c15-11-7-9(6-10(8-11)14(16,17)18)12(22)20-2-1-3-21(5-4-20)13(19)23/h6-8H,1-5H2,(H2,19,23). The molecule has 2 rings (SSSR count). The summed E-state index contributed by atoms with van der Waals surface area (Å²) in [7, 11) is 0. The van der Waals surface area contributed by atoms with Crippen LogP contribution in [0.5, 0.6) is 0 Å². The van der Waals surface area contributed by atoms with E-state index >= 15 is 0 Å². The zero-order chi connectivity index (χ0) is 17.2. The van der Waals surface area contributed by atoms with E-state index < -0.39 is 23.7 Å². The van der Waals surface area contributed by atoms with E-state index in [-0.39, 0.29) is 23.7 Å². The summed E-state index contributed by atoms with van der Waals surface area (Å²) in [5.74, 6) is -0.552. The maximum atomic E-state index is 12.8. The number of hydrogen-bond donors (Lipinski definition) is 1.